The molecule has 4 heteroatoms. The summed E-state index contributed by atoms with van der Waals surface area (Å²) in [5.41, 5.74) is 10.3. The van der Waals surface area contributed by atoms with Gasteiger partial charge in [0.1, 0.15) is 0 Å². The average molecular weight is 298 g/mol. The third kappa shape index (κ3) is 2.99. The van der Waals surface area contributed by atoms with Gasteiger partial charge in [0.05, 0.1) is 18.4 Å². The Balaban J connectivity index is 1.99. The standard InChI is InChI=1S/C17H16ClN3/c18-16-8-6-13(7-9-16)12-21-17(15(10-19)11-20-21)14-4-2-1-3-5-14/h1-9,11H,10,12,19H2. The molecule has 1 aromatic heterocycles. The van der Waals surface area contributed by atoms with E-state index in [2.05, 4.69) is 17.2 Å². The second kappa shape index (κ2) is 6.12. The van der Waals surface area contributed by atoms with Crippen molar-refractivity contribution in [1.82, 2.24) is 9.78 Å². The molecule has 3 aromatic rings. The van der Waals surface area contributed by atoms with Crippen LogP contribution in [0.2, 0.25) is 5.02 Å². The maximum Gasteiger partial charge on any atom is 0.0731 e. The number of aromatic nitrogens is 2. The molecule has 0 aliphatic heterocycles. The Bertz CT molecular complexity index is 718. The lowest BCUT2D eigenvalue weighted by molar-refractivity contribution is 0.694. The SMILES string of the molecule is NCc1cnn(Cc2ccc(Cl)cc2)c1-c1ccccc1. The van der Waals surface area contributed by atoms with Gasteiger partial charge in [0, 0.05) is 22.7 Å². The topological polar surface area (TPSA) is 43.8 Å². The van der Waals surface area contributed by atoms with Crippen molar-refractivity contribution in [3.8, 4) is 11.3 Å². The first-order chi connectivity index (χ1) is 10.3. The Labute approximate surface area is 129 Å². The lowest BCUT2D eigenvalue weighted by atomic mass is 10.1. The lowest BCUT2D eigenvalue weighted by Gasteiger charge is -2.10. The molecule has 0 saturated carbocycles. The maximum atomic E-state index is 5.93. The van der Waals surface area contributed by atoms with Crippen molar-refractivity contribution >= 4 is 11.6 Å². The van der Waals surface area contributed by atoms with E-state index in [0.717, 1.165) is 27.4 Å². The Morgan fingerprint density at radius 3 is 2.38 bits per heavy atom. The fraction of sp³-hybridized carbons (Fsp3) is 0.118. The summed E-state index contributed by atoms with van der Waals surface area (Å²) in [6.45, 7) is 1.17. The van der Waals surface area contributed by atoms with Crippen LogP contribution < -0.4 is 5.73 Å². The summed E-state index contributed by atoms with van der Waals surface area (Å²) in [6, 6.07) is 18.0. The van der Waals surface area contributed by atoms with Crippen molar-refractivity contribution in [2.24, 2.45) is 5.73 Å². The van der Waals surface area contributed by atoms with Crippen LogP contribution in [0.5, 0.6) is 0 Å². The van der Waals surface area contributed by atoms with Crippen molar-refractivity contribution in [2.75, 3.05) is 0 Å². The first-order valence-electron chi connectivity index (χ1n) is 6.82. The van der Waals surface area contributed by atoms with Gasteiger partial charge in [0.2, 0.25) is 0 Å². The van der Waals surface area contributed by atoms with Gasteiger partial charge in [-0.15, -0.1) is 0 Å². The van der Waals surface area contributed by atoms with Gasteiger partial charge in [-0.1, -0.05) is 54.1 Å². The van der Waals surface area contributed by atoms with Crippen molar-refractivity contribution in [3.05, 3.63) is 76.9 Å². The molecule has 3 nitrogen and oxygen atoms in total. The van der Waals surface area contributed by atoms with Gasteiger partial charge >= 0.3 is 0 Å². The summed E-state index contributed by atoms with van der Waals surface area (Å²) < 4.78 is 1.99. The molecule has 0 atom stereocenters. The zero-order valence-electron chi connectivity index (χ0n) is 11.5. The molecule has 0 spiro atoms. The van der Waals surface area contributed by atoms with E-state index in [1.165, 1.54) is 0 Å². The van der Waals surface area contributed by atoms with Crippen LogP contribution in [-0.2, 0) is 13.1 Å². The molecule has 2 aromatic carbocycles. The van der Waals surface area contributed by atoms with E-state index in [-0.39, 0.29) is 0 Å². The molecular formula is C17H16ClN3. The van der Waals surface area contributed by atoms with Gasteiger partial charge in [-0.05, 0) is 17.7 Å². The molecule has 0 radical (unpaired) electrons. The zero-order valence-corrected chi connectivity index (χ0v) is 12.3. The minimum atomic E-state index is 0.477. The monoisotopic (exact) mass is 297 g/mol. The molecule has 21 heavy (non-hydrogen) atoms. The summed E-state index contributed by atoms with van der Waals surface area (Å²) in [4.78, 5) is 0. The summed E-state index contributed by atoms with van der Waals surface area (Å²) >= 11 is 5.93. The highest BCUT2D eigenvalue weighted by Gasteiger charge is 2.12. The first-order valence-corrected chi connectivity index (χ1v) is 7.20. The molecule has 0 saturated heterocycles. The highest BCUT2D eigenvalue weighted by molar-refractivity contribution is 6.30. The quantitative estimate of drug-likeness (QED) is 0.798. The van der Waals surface area contributed by atoms with Gasteiger partial charge in [-0.3, -0.25) is 4.68 Å². The Morgan fingerprint density at radius 2 is 1.71 bits per heavy atom. The second-order valence-corrected chi connectivity index (χ2v) is 5.31. The van der Waals surface area contributed by atoms with E-state index in [9.17, 15) is 0 Å². The smallest absolute Gasteiger partial charge is 0.0731 e. The van der Waals surface area contributed by atoms with Crippen LogP contribution in [0.25, 0.3) is 11.3 Å². The molecule has 0 bridgehead atoms. The zero-order chi connectivity index (χ0) is 14.7. The number of hydrogen-bond acceptors (Lipinski definition) is 2. The van der Waals surface area contributed by atoms with Gasteiger partial charge in [-0.25, -0.2) is 0 Å². The molecule has 0 unspecified atom stereocenters. The minimum Gasteiger partial charge on any atom is -0.326 e. The third-order valence-electron chi connectivity index (χ3n) is 3.43. The summed E-state index contributed by atoms with van der Waals surface area (Å²) in [6.07, 6.45) is 1.85. The van der Waals surface area contributed by atoms with E-state index < -0.39 is 0 Å². The average Bonchev–Trinajstić information content (AvgIpc) is 2.93. The number of benzene rings is 2. The summed E-state index contributed by atoms with van der Waals surface area (Å²) in [5.74, 6) is 0. The van der Waals surface area contributed by atoms with Crippen LogP contribution in [0.1, 0.15) is 11.1 Å². The van der Waals surface area contributed by atoms with Crippen LogP contribution in [0.4, 0.5) is 0 Å². The largest absolute Gasteiger partial charge is 0.326 e. The number of halogens is 1. The first kappa shape index (κ1) is 13.9. The van der Waals surface area contributed by atoms with Crippen molar-refractivity contribution < 1.29 is 0 Å². The Morgan fingerprint density at radius 1 is 1.00 bits per heavy atom. The fourth-order valence-corrected chi connectivity index (χ4v) is 2.51. The Hall–Kier alpha value is -2.10. The molecule has 2 N–H and O–H groups in total. The molecule has 0 aliphatic rings. The molecule has 1 heterocycles. The molecule has 106 valence electrons. The van der Waals surface area contributed by atoms with Crippen molar-refractivity contribution in [3.63, 3.8) is 0 Å². The minimum absolute atomic E-state index is 0.477. The number of hydrogen-bond donors (Lipinski definition) is 1. The highest BCUT2D eigenvalue weighted by atomic mass is 35.5. The number of nitrogens with zero attached hydrogens (tertiary/aromatic N) is 2. The lowest BCUT2D eigenvalue weighted by Crippen LogP contribution is -2.05. The van der Waals surface area contributed by atoms with Crippen LogP contribution in [0.3, 0.4) is 0 Å². The summed E-state index contributed by atoms with van der Waals surface area (Å²) in [5, 5.41) is 5.23. The normalized spacial score (nSPS) is 10.8. The van der Waals surface area contributed by atoms with Crippen LogP contribution >= 0.6 is 11.6 Å². The maximum absolute atomic E-state index is 5.93. The molecule has 3 rings (SSSR count). The van der Waals surface area contributed by atoms with Gasteiger partial charge < -0.3 is 5.73 Å². The molecule has 0 fully saturated rings. The van der Waals surface area contributed by atoms with E-state index >= 15 is 0 Å². The predicted molar refractivity (Wildman–Crippen MR) is 86.1 cm³/mol. The Kier molecular flexibility index (Phi) is 4.04. The van der Waals surface area contributed by atoms with Crippen LogP contribution in [0, 0.1) is 0 Å². The van der Waals surface area contributed by atoms with Crippen LogP contribution in [0.15, 0.2) is 60.8 Å². The van der Waals surface area contributed by atoms with Crippen molar-refractivity contribution in [1.29, 1.82) is 0 Å². The van der Waals surface area contributed by atoms with Gasteiger partial charge in [0.25, 0.3) is 0 Å². The predicted octanol–water partition coefficient (Wildman–Crippen LogP) is 3.71. The third-order valence-corrected chi connectivity index (χ3v) is 3.68. The molecular weight excluding hydrogens is 282 g/mol. The molecule has 0 amide bonds. The van der Waals surface area contributed by atoms with Gasteiger partial charge in [0.15, 0.2) is 0 Å². The highest BCUT2D eigenvalue weighted by Crippen LogP contribution is 2.24. The van der Waals surface area contributed by atoms with Gasteiger partial charge in [-0.2, -0.15) is 5.10 Å². The molecule has 0 aliphatic carbocycles. The van der Waals surface area contributed by atoms with E-state index in [0.29, 0.717) is 13.1 Å². The number of nitrogens with two attached hydrogens (primary N) is 1. The number of rotatable bonds is 4. The van der Waals surface area contributed by atoms with Crippen molar-refractivity contribution in [2.45, 2.75) is 13.1 Å². The summed E-state index contributed by atoms with van der Waals surface area (Å²) in [7, 11) is 0. The second-order valence-electron chi connectivity index (χ2n) is 4.87. The van der Waals surface area contributed by atoms with E-state index in [1.54, 1.807) is 0 Å². The van der Waals surface area contributed by atoms with E-state index in [1.807, 2.05) is 53.3 Å². The fourth-order valence-electron chi connectivity index (χ4n) is 2.39. The van der Waals surface area contributed by atoms with E-state index in [4.69, 9.17) is 17.3 Å². The van der Waals surface area contributed by atoms with Crippen LogP contribution in [-0.4, -0.2) is 9.78 Å².